The Hall–Kier alpha value is -3.91. The van der Waals surface area contributed by atoms with E-state index in [1.165, 1.54) is 31.6 Å². The highest BCUT2D eigenvalue weighted by Crippen LogP contribution is 2.36. The number of hydrogen-bond acceptors (Lipinski definition) is 5. The molecule has 2 amide bonds. The summed E-state index contributed by atoms with van der Waals surface area (Å²) in [7, 11) is 3.03. The molecule has 0 aliphatic rings. The highest BCUT2D eigenvalue weighted by molar-refractivity contribution is 7.13. The molecule has 0 atom stereocenters. The van der Waals surface area contributed by atoms with Crippen LogP contribution < -0.4 is 20.1 Å². The number of ether oxygens (including phenoxy) is 2. The van der Waals surface area contributed by atoms with E-state index in [1.54, 1.807) is 42.5 Å². The van der Waals surface area contributed by atoms with Gasteiger partial charge in [0, 0.05) is 16.5 Å². The summed E-state index contributed by atoms with van der Waals surface area (Å²) in [5, 5.41) is 8.04. The Morgan fingerprint density at radius 3 is 2.31 bits per heavy atom. The van der Waals surface area contributed by atoms with Crippen LogP contribution >= 0.6 is 11.3 Å². The summed E-state index contributed by atoms with van der Waals surface area (Å²) in [6.45, 7) is 0. The quantitative estimate of drug-likeness (QED) is 0.363. The van der Waals surface area contributed by atoms with Gasteiger partial charge in [-0.25, -0.2) is 14.2 Å². The fourth-order valence-corrected chi connectivity index (χ4v) is 4.08. The van der Waals surface area contributed by atoms with Crippen LogP contribution in [0.3, 0.4) is 0 Å². The van der Waals surface area contributed by atoms with Gasteiger partial charge in [0.2, 0.25) is 0 Å². The van der Waals surface area contributed by atoms with Gasteiger partial charge in [-0.3, -0.25) is 0 Å². The number of hydrogen-bond donors (Lipinski definition) is 2. The molecule has 0 spiro atoms. The van der Waals surface area contributed by atoms with E-state index in [0.717, 1.165) is 5.56 Å². The van der Waals surface area contributed by atoms with Crippen LogP contribution in [0, 0.1) is 5.82 Å². The van der Waals surface area contributed by atoms with Gasteiger partial charge < -0.3 is 20.1 Å². The van der Waals surface area contributed by atoms with Crippen molar-refractivity contribution in [2.75, 3.05) is 24.9 Å². The molecular weight excluding hydrogens is 429 g/mol. The molecule has 0 radical (unpaired) electrons. The summed E-state index contributed by atoms with van der Waals surface area (Å²) in [4.78, 5) is 17.3. The van der Waals surface area contributed by atoms with E-state index in [-0.39, 0.29) is 5.82 Å². The summed E-state index contributed by atoms with van der Waals surface area (Å²) in [5.74, 6) is 0.604. The van der Waals surface area contributed by atoms with Gasteiger partial charge in [0.25, 0.3) is 0 Å². The molecule has 0 aliphatic carbocycles. The Labute approximate surface area is 188 Å². The van der Waals surface area contributed by atoms with Crippen molar-refractivity contribution in [1.82, 2.24) is 4.98 Å². The Morgan fingerprint density at radius 1 is 0.875 bits per heavy atom. The maximum absolute atomic E-state index is 14.1. The van der Waals surface area contributed by atoms with Crippen molar-refractivity contribution in [3.8, 4) is 33.3 Å². The number of nitrogens with one attached hydrogen (secondary N) is 2. The maximum Gasteiger partial charge on any atom is 0.323 e. The number of para-hydroxylation sites is 2. The van der Waals surface area contributed by atoms with Crippen LogP contribution in [-0.4, -0.2) is 25.2 Å². The highest BCUT2D eigenvalue weighted by Gasteiger charge is 2.16. The standard InChI is InChI=1S/C24H20FN3O3S/c1-30-21-13-7-12-19(22(21)31-2)28-24(29)27-18-11-6-4-9-16(18)20-14-32-23(26-20)15-8-3-5-10-17(15)25/h3-14H,1-2H3,(H2,27,28,29). The largest absolute Gasteiger partial charge is 0.493 e. The van der Waals surface area contributed by atoms with Crippen molar-refractivity contribution in [2.24, 2.45) is 0 Å². The van der Waals surface area contributed by atoms with Crippen LogP contribution in [0.1, 0.15) is 0 Å². The van der Waals surface area contributed by atoms with Gasteiger partial charge in [0.1, 0.15) is 10.8 Å². The summed E-state index contributed by atoms with van der Waals surface area (Å²) in [6.07, 6.45) is 0. The molecule has 6 nitrogen and oxygen atoms in total. The van der Waals surface area contributed by atoms with E-state index in [4.69, 9.17) is 9.47 Å². The van der Waals surface area contributed by atoms with Crippen molar-refractivity contribution in [1.29, 1.82) is 0 Å². The minimum Gasteiger partial charge on any atom is -0.493 e. The average Bonchev–Trinajstić information content (AvgIpc) is 3.29. The number of anilines is 2. The van der Waals surface area contributed by atoms with Crippen LogP contribution in [0.15, 0.2) is 72.1 Å². The van der Waals surface area contributed by atoms with Crippen LogP contribution in [0.4, 0.5) is 20.6 Å². The fourth-order valence-electron chi connectivity index (χ4n) is 3.23. The minimum absolute atomic E-state index is 0.327. The third-order valence-corrected chi connectivity index (χ3v) is 5.59. The van der Waals surface area contributed by atoms with Gasteiger partial charge in [-0.15, -0.1) is 11.3 Å². The van der Waals surface area contributed by atoms with Gasteiger partial charge in [-0.1, -0.05) is 36.4 Å². The zero-order valence-electron chi connectivity index (χ0n) is 17.4. The number of urea groups is 1. The normalized spacial score (nSPS) is 10.5. The van der Waals surface area contributed by atoms with Crippen molar-refractivity contribution >= 4 is 28.7 Å². The lowest BCUT2D eigenvalue weighted by atomic mass is 10.1. The lowest BCUT2D eigenvalue weighted by Gasteiger charge is -2.15. The molecule has 3 aromatic carbocycles. The number of halogens is 1. The predicted octanol–water partition coefficient (Wildman–Crippen LogP) is 6.28. The van der Waals surface area contributed by atoms with Crippen molar-refractivity contribution in [3.63, 3.8) is 0 Å². The molecule has 4 aromatic rings. The van der Waals surface area contributed by atoms with Gasteiger partial charge in [0.15, 0.2) is 11.5 Å². The number of benzene rings is 3. The fraction of sp³-hybridized carbons (Fsp3) is 0.0833. The van der Waals surface area contributed by atoms with Crippen molar-refractivity contribution in [2.45, 2.75) is 0 Å². The SMILES string of the molecule is COc1cccc(NC(=O)Nc2ccccc2-c2csc(-c3ccccc3F)n2)c1OC. The lowest BCUT2D eigenvalue weighted by molar-refractivity contribution is 0.262. The Kier molecular flexibility index (Phi) is 6.32. The molecule has 8 heteroatoms. The summed E-state index contributed by atoms with van der Waals surface area (Å²) >= 11 is 1.34. The van der Waals surface area contributed by atoms with Crippen LogP contribution in [0.5, 0.6) is 11.5 Å². The number of carbonyl (C=O) groups is 1. The van der Waals surface area contributed by atoms with E-state index in [0.29, 0.717) is 39.1 Å². The number of nitrogens with zero attached hydrogens (tertiary/aromatic N) is 1. The van der Waals surface area contributed by atoms with Crippen molar-refractivity contribution < 1.29 is 18.7 Å². The lowest BCUT2D eigenvalue weighted by Crippen LogP contribution is -2.20. The summed E-state index contributed by atoms with van der Waals surface area (Å²) in [6, 6.07) is 18.6. The molecule has 4 rings (SSSR count). The summed E-state index contributed by atoms with van der Waals surface area (Å²) in [5.41, 5.74) is 2.84. The van der Waals surface area contributed by atoms with Gasteiger partial charge >= 0.3 is 6.03 Å². The zero-order valence-corrected chi connectivity index (χ0v) is 18.2. The molecule has 162 valence electrons. The second kappa shape index (κ2) is 9.49. The number of methoxy groups -OCH3 is 2. The van der Waals surface area contributed by atoms with Crippen LogP contribution in [0.25, 0.3) is 21.8 Å². The third-order valence-electron chi connectivity index (χ3n) is 4.71. The number of rotatable bonds is 6. The molecule has 1 heterocycles. The van der Waals surface area contributed by atoms with Gasteiger partial charge in [0.05, 0.1) is 31.3 Å². The predicted molar refractivity (Wildman–Crippen MR) is 125 cm³/mol. The first kappa shape index (κ1) is 21.3. The second-order valence-electron chi connectivity index (χ2n) is 6.68. The molecule has 0 bridgehead atoms. The first-order valence-corrected chi connectivity index (χ1v) is 10.6. The molecule has 0 unspecified atom stereocenters. The Morgan fingerprint density at radius 2 is 1.56 bits per heavy atom. The number of carbonyl (C=O) groups excluding carboxylic acids is 1. The monoisotopic (exact) mass is 449 g/mol. The molecule has 0 aliphatic heterocycles. The molecular formula is C24H20FN3O3S. The topological polar surface area (TPSA) is 72.5 Å². The molecule has 1 aromatic heterocycles. The number of aromatic nitrogens is 1. The zero-order chi connectivity index (χ0) is 22.5. The molecule has 0 saturated carbocycles. The highest BCUT2D eigenvalue weighted by atomic mass is 32.1. The molecule has 0 fully saturated rings. The smallest absolute Gasteiger partial charge is 0.323 e. The van der Waals surface area contributed by atoms with Crippen LogP contribution in [-0.2, 0) is 0 Å². The third kappa shape index (κ3) is 4.40. The summed E-state index contributed by atoms with van der Waals surface area (Å²) < 4.78 is 24.8. The minimum atomic E-state index is -0.450. The number of amides is 2. The Bertz CT molecular complexity index is 1260. The van der Waals surface area contributed by atoms with Gasteiger partial charge in [-0.2, -0.15) is 0 Å². The Balaban J connectivity index is 1.58. The molecule has 0 saturated heterocycles. The van der Waals surface area contributed by atoms with E-state index >= 15 is 0 Å². The molecule has 2 N–H and O–H groups in total. The van der Waals surface area contributed by atoms with Gasteiger partial charge in [-0.05, 0) is 30.3 Å². The van der Waals surface area contributed by atoms with Crippen molar-refractivity contribution in [3.05, 3.63) is 77.9 Å². The van der Waals surface area contributed by atoms with E-state index in [9.17, 15) is 9.18 Å². The average molecular weight is 450 g/mol. The molecule has 32 heavy (non-hydrogen) atoms. The van der Waals surface area contributed by atoms with E-state index in [1.807, 2.05) is 23.6 Å². The number of thiazole rings is 1. The van der Waals surface area contributed by atoms with Crippen LogP contribution in [0.2, 0.25) is 0 Å². The first-order chi connectivity index (χ1) is 15.6. The van der Waals surface area contributed by atoms with E-state index < -0.39 is 6.03 Å². The maximum atomic E-state index is 14.1. The first-order valence-electron chi connectivity index (χ1n) is 9.69. The second-order valence-corrected chi connectivity index (χ2v) is 7.54. The van der Waals surface area contributed by atoms with E-state index in [2.05, 4.69) is 15.6 Å².